The number of hydrogen-bond donors (Lipinski definition) is 1. The van der Waals surface area contributed by atoms with Gasteiger partial charge in [-0.25, -0.2) is 4.98 Å². The lowest BCUT2D eigenvalue weighted by atomic mass is 9.99. The van der Waals surface area contributed by atoms with E-state index in [4.69, 9.17) is 5.73 Å². The first-order valence-electron chi connectivity index (χ1n) is 6.86. The van der Waals surface area contributed by atoms with Gasteiger partial charge < -0.3 is 5.73 Å². The van der Waals surface area contributed by atoms with Crippen molar-refractivity contribution in [3.8, 4) is 0 Å². The Morgan fingerprint density at radius 2 is 2.25 bits per heavy atom. The Kier molecular flexibility index (Phi) is 4.91. The molecule has 2 atom stereocenters. The third kappa shape index (κ3) is 3.45. The average molecular weight is 293 g/mol. The molecule has 2 heterocycles. The summed E-state index contributed by atoms with van der Waals surface area (Å²) in [6, 6.07) is 0.250. The second-order valence-corrected chi connectivity index (χ2v) is 6.30. The Balaban J connectivity index is 2.17. The van der Waals surface area contributed by atoms with Crippen LogP contribution in [0.2, 0.25) is 0 Å². The highest BCUT2D eigenvalue weighted by Gasteiger charge is 2.24. The number of nitrogens with zero attached hydrogens (tertiary/aromatic N) is 4. The third-order valence-corrected chi connectivity index (χ3v) is 4.32. The Bertz CT molecular complexity index is 547. The zero-order chi connectivity index (χ0) is 14.7. The van der Waals surface area contributed by atoms with Crippen LogP contribution < -0.4 is 5.73 Å². The second kappa shape index (κ2) is 6.47. The van der Waals surface area contributed by atoms with Crippen molar-refractivity contribution in [3.63, 3.8) is 0 Å². The first-order valence-corrected chi connectivity index (χ1v) is 7.74. The highest BCUT2D eigenvalue weighted by Crippen LogP contribution is 2.25. The summed E-state index contributed by atoms with van der Waals surface area (Å²) < 4.78 is 1.82. The van der Waals surface area contributed by atoms with Crippen LogP contribution in [0.4, 0.5) is 0 Å². The predicted octanol–water partition coefficient (Wildman–Crippen LogP) is 2.10. The molecule has 20 heavy (non-hydrogen) atoms. The number of rotatable bonds is 6. The van der Waals surface area contributed by atoms with Gasteiger partial charge in [0.2, 0.25) is 0 Å². The van der Waals surface area contributed by atoms with Gasteiger partial charge in [-0.2, -0.15) is 5.10 Å². The molecule has 0 aliphatic rings. The van der Waals surface area contributed by atoms with Crippen LogP contribution in [0, 0.1) is 6.92 Å². The maximum absolute atomic E-state index is 6.32. The number of aryl methyl sites for hydroxylation is 2. The lowest BCUT2D eigenvalue weighted by Crippen LogP contribution is -2.38. The average Bonchev–Trinajstić information content (AvgIpc) is 2.99. The van der Waals surface area contributed by atoms with E-state index in [1.54, 1.807) is 11.3 Å². The van der Waals surface area contributed by atoms with Crippen molar-refractivity contribution >= 4 is 11.3 Å². The Morgan fingerprint density at radius 1 is 1.50 bits per heavy atom. The highest BCUT2D eigenvalue weighted by molar-refractivity contribution is 7.09. The smallest absolute Gasteiger partial charge is 0.0897 e. The SMILES string of the molecule is CCC(N)C(c1cnn(C)c1)N(C)Cc1csc(C)n1. The molecule has 0 saturated heterocycles. The van der Waals surface area contributed by atoms with Gasteiger partial charge in [0, 0.05) is 36.8 Å². The van der Waals surface area contributed by atoms with E-state index >= 15 is 0 Å². The van der Waals surface area contributed by atoms with Crippen molar-refractivity contribution in [2.24, 2.45) is 12.8 Å². The fourth-order valence-electron chi connectivity index (χ4n) is 2.48. The zero-order valence-electron chi connectivity index (χ0n) is 12.6. The van der Waals surface area contributed by atoms with Gasteiger partial charge in [-0.15, -0.1) is 11.3 Å². The van der Waals surface area contributed by atoms with Crippen molar-refractivity contribution in [2.45, 2.75) is 38.9 Å². The minimum Gasteiger partial charge on any atom is -0.326 e. The van der Waals surface area contributed by atoms with E-state index < -0.39 is 0 Å². The minimum atomic E-state index is 0.0870. The van der Waals surface area contributed by atoms with Gasteiger partial charge in [0.25, 0.3) is 0 Å². The van der Waals surface area contributed by atoms with Gasteiger partial charge in [-0.05, 0) is 20.4 Å². The topological polar surface area (TPSA) is 60.0 Å². The molecule has 2 rings (SSSR count). The Labute approximate surface area is 124 Å². The molecule has 2 N–H and O–H groups in total. The molecule has 0 amide bonds. The monoisotopic (exact) mass is 293 g/mol. The molecule has 0 spiro atoms. The fourth-order valence-corrected chi connectivity index (χ4v) is 3.08. The van der Waals surface area contributed by atoms with Crippen LogP contribution in [0.25, 0.3) is 0 Å². The van der Waals surface area contributed by atoms with E-state index in [9.17, 15) is 0 Å². The number of hydrogen-bond acceptors (Lipinski definition) is 5. The summed E-state index contributed by atoms with van der Waals surface area (Å²) in [5.74, 6) is 0. The van der Waals surface area contributed by atoms with E-state index in [1.807, 2.05) is 31.0 Å². The normalized spacial score (nSPS) is 14.7. The van der Waals surface area contributed by atoms with Crippen molar-refractivity contribution in [3.05, 3.63) is 34.0 Å². The predicted molar refractivity (Wildman–Crippen MR) is 82.5 cm³/mol. The maximum Gasteiger partial charge on any atom is 0.0897 e. The Morgan fingerprint density at radius 3 is 2.75 bits per heavy atom. The molecule has 0 bridgehead atoms. The number of likely N-dealkylation sites (N-methyl/N-ethyl adjacent to an activating group) is 1. The third-order valence-electron chi connectivity index (χ3n) is 3.50. The molecule has 2 aromatic heterocycles. The van der Waals surface area contributed by atoms with Gasteiger partial charge in [-0.3, -0.25) is 9.58 Å². The first-order chi connectivity index (χ1) is 9.51. The standard InChI is InChI=1S/C14H23N5S/c1-5-13(15)14(11-6-16-19(4)7-11)18(3)8-12-9-20-10(2)17-12/h6-7,9,13-14H,5,8,15H2,1-4H3. The molecule has 0 aromatic carbocycles. The summed E-state index contributed by atoms with van der Waals surface area (Å²) in [4.78, 5) is 6.80. The molecular formula is C14H23N5S. The van der Waals surface area contributed by atoms with Gasteiger partial charge in [-0.1, -0.05) is 6.92 Å². The highest BCUT2D eigenvalue weighted by atomic mass is 32.1. The van der Waals surface area contributed by atoms with Crippen molar-refractivity contribution in [1.82, 2.24) is 19.7 Å². The van der Waals surface area contributed by atoms with E-state index in [1.165, 1.54) is 0 Å². The maximum atomic E-state index is 6.32. The summed E-state index contributed by atoms with van der Waals surface area (Å²) in [6.45, 7) is 4.96. The molecule has 0 fully saturated rings. The van der Waals surface area contributed by atoms with Gasteiger partial charge in [0.1, 0.15) is 0 Å². The molecule has 110 valence electrons. The second-order valence-electron chi connectivity index (χ2n) is 5.24. The number of nitrogens with two attached hydrogens (primary N) is 1. The first kappa shape index (κ1) is 15.2. The van der Waals surface area contributed by atoms with Crippen LogP contribution in [0.3, 0.4) is 0 Å². The van der Waals surface area contributed by atoms with Gasteiger partial charge >= 0.3 is 0 Å². The van der Waals surface area contributed by atoms with Crippen LogP contribution >= 0.6 is 11.3 Å². The summed E-state index contributed by atoms with van der Waals surface area (Å²) >= 11 is 1.69. The lowest BCUT2D eigenvalue weighted by Gasteiger charge is -2.31. The number of aromatic nitrogens is 3. The minimum absolute atomic E-state index is 0.0870. The van der Waals surface area contributed by atoms with Crippen molar-refractivity contribution in [1.29, 1.82) is 0 Å². The molecule has 5 nitrogen and oxygen atoms in total. The molecule has 6 heteroatoms. The largest absolute Gasteiger partial charge is 0.326 e. The molecule has 0 aliphatic heterocycles. The molecule has 0 radical (unpaired) electrons. The number of thiazole rings is 1. The summed E-state index contributed by atoms with van der Waals surface area (Å²) in [7, 11) is 4.03. The van der Waals surface area contributed by atoms with Crippen LogP contribution in [-0.2, 0) is 13.6 Å². The summed E-state index contributed by atoms with van der Waals surface area (Å²) in [6.07, 6.45) is 4.88. The van der Waals surface area contributed by atoms with Crippen LogP contribution in [-0.4, -0.2) is 32.8 Å². The van der Waals surface area contributed by atoms with Gasteiger partial charge in [0.05, 0.1) is 22.9 Å². The van der Waals surface area contributed by atoms with Crippen LogP contribution in [0.1, 0.15) is 35.7 Å². The molecule has 2 aromatic rings. The summed E-state index contributed by atoms with van der Waals surface area (Å²) in [5, 5.41) is 7.49. The molecule has 2 unspecified atom stereocenters. The fraction of sp³-hybridized carbons (Fsp3) is 0.571. The zero-order valence-corrected chi connectivity index (χ0v) is 13.4. The lowest BCUT2D eigenvalue weighted by molar-refractivity contribution is 0.200. The summed E-state index contributed by atoms with van der Waals surface area (Å²) in [5.41, 5.74) is 8.59. The van der Waals surface area contributed by atoms with E-state index in [2.05, 4.69) is 34.3 Å². The Hall–Kier alpha value is -1.24. The molecular weight excluding hydrogens is 270 g/mol. The van der Waals surface area contributed by atoms with Crippen molar-refractivity contribution in [2.75, 3.05) is 7.05 Å². The molecule has 0 saturated carbocycles. The van der Waals surface area contributed by atoms with E-state index in [-0.39, 0.29) is 12.1 Å². The van der Waals surface area contributed by atoms with Crippen LogP contribution in [0.15, 0.2) is 17.8 Å². The van der Waals surface area contributed by atoms with E-state index in [0.29, 0.717) is 0 Å². The van der Waals surface area contributed by atoms with Gasteiger partial charge in [0.15, 0.2) is 0 Å². The van der Waals surface area contributed by atoms with Crippen molar-refractivity contribution < 1.29 is 0 Å². The van der Waals surface area contributed by atoms with E-state index in [0.717, 1.165) is 29.2 Å². The molecule has 0 aliphatic carbocycles. The van der Waals surface area contributed by atoms with Crippen LogP contribution in [0.5, 0.6) is 0 Å². The quantitative estimate of drug-likeness (QED) is 0.886.